The first kappa shape index (κ1) is 20.5. The molecule has 0 aliphatic rings. The van der Waals surface area contributed by atoms with Crippen LogP contribution >= 0.6 is 0 Å². The van der Waals surface area contributed by atoms with Crippen molar-refractivity contribution in [2.75, 3.05) is 26.3 Å². The van der Waals surface area contributed by atoms with E-state index in [1.54, 1.807) is 0 Å². The van der Waals surface area contributed by atoms with E-state index in [0.29, 0.717) is 13.2 Å². The number of hydrogen-bond acceptors (Lipinski definition) is 5. The molecule has 1 aromatic rings. The Bertz CT molecular complexity index is 477. The molecule has 3 N–H and O–H groups in total. The molecule has 0 unspecified atom stereocenters. The lowest BCUT2D eigenvalue weighted by Gasteiger charge is -2.08. The smallest absolute Gasteiger partial charge is 0.414 e. The lowest BCUT2D eigenvalue weighted by molar-refractivity contribution is -0.159. The zero-order valence-corrected chi connectivity index (χ0v) is 13.2. The molecule has 7 heteroatoms. The van der Waals surface area contributed by atoms with E-state index in [1.165, 1.54) is 0 Å². The van der Waals surface area contributed by atoms with Crippen LogP contribution < -0.4 is 14.8 Å². The number of hydrogen-bond donors (Lipinski definition) is 3. The van der Waals surface area contributed by atoms with Crippen LogP contribution in [0, 0.1) is 0 Å². The molecule has 0 aliphatic carbocycles. The van der Waals surface area contributed by atoms with Crippen molar-refractivity contribution in [1.82, 2.24) is 5.32 Å². The van der Waals surface area contributed by atoms with Gasteiger partial charge in [0.1, 0.15) is 11.5 Å². The predicted molar refractivity (Wildman–Crippen MR) is 86.1 cm³/mol. The number of aliphatic carboxylic acids is 2. The van der Waals surface area contributed by atoms with E-state index in [1.807, 2.05) is 37.3 Å². The van der Waals surface area contributed by atoms with Crippen LogP contribution in [0.3, 0.4) is 0 Å². The molecule has 0 fully saturated rings. The fourth-order valence-corrected chi connectivity index (χ4v) is 1.41. The molecular weight excluding hydrogens is 302 g/mol. The molecule has 128 valence electrons. The quantitative estimate of drug-likeness (QED) is 0.361. The standard InChI is InChI=1S/C14H21NO2.C2H2O4/c1-3-9-15-10-6-11-17-14-8-5-7-13(12-14)16-4-2;3-1(4)2(5)6/h3,5,7-8,12,15H,1,4,6,9-11H2,2H3;(H,3,4)(H,5,6). The van der Waals surface area contributed by atoms with Crippen molar-refractivity contribution in [2.45, 2.75) is 13.3 Å². The first-order chi connectivity index (χ1) is 11.0. The molecule has 0 aromatic heterocycles. The molecule has 0 heterocycles. The van der Waals surface area contributed by atoms with Crippen molar-refractivity contribution >= 4 is 11.9 Å². The van der Waals surface area contributed by atoms with E-state index in [-0.39, 0.29) is 0 Å². The van der Waals surface area contributed by atoms with E-state index >= 15 is 0 Å². The van der Waals surface area contributed by atoms with Crippen LogP contribution in [0.15, 0.2) is 36.9 Å². The molecule has 23 heavy (non-hydrogen) atoms. The van der Waals surface area contributed by atoms with E-state index in [2.05, 4.69) is 11.9 Å². The molecule has 0 bridgehead atoms. The van der Waals surface area contributed by atoms with Crippen LogP contribution in [0.1, 0.15) is 13.3 Å². The summed E-state index contributed by atoms with van der Waals surface area (Å²) in [4.78, 5) is 18.2. The zero-order valence-electron chi connectivity index (χ0n) is 13.2. The summed E-state index contributed by atoms with van der Waals surface area (Å²) >= 11 is 0. The molecule has 1 rings (SSSR count). The minimum absolute atomic E-state index is 0.676. The molecule has 7 nitrogen and oxygen atoms in total. The molecule has 1 aromatic carbocycles. The van der Waals surface area contributed by atoms with Gasteiger partial charge in [-0.15, -0.1) is 6.58 Å². The van der Waals surface area contributed by atoms with Gasteiger partial charge in [0.05, 0.1) is 13.2 Å². The van der Waals surface area contributed by atoms with Gasteiger partial charge >= 0.3 is 11.9 Å². The van der Waals surface area contributed by atoms with E-state index in [0.717, 1.165) is 31.0 Å². The number of carbonyl (C=O) groups is 2. The van der Waals surface area contributed by atoms with Gasteiger partial charge in [-0.1, -0.05) is 12.1 Å². The molecule has 0 aliphatic heterocycles. The van der Waals surface area contributed by atoms with Crippen LogP contribution in [0.5, 0.6) is 11.5 Å². The summed E-state index contributed by atoms with van der Waals surface area (Å²) in [6, 6.07) is 7.73. The van der Waals surface area contributed by atoms with E-state index in [4.69, 9.17) is 29.3 Å². The van der Waals surface area contributed by atoms with E-state index < -0.39 is 11.9 Å². The molecule has 0 atom stereocenters. The molecule has 0 saturated carbocycles. The highest BCUT2D eigenvalue weighted by molar-refractivity contribution is 6.27. The van der Waals surface area contributed by atoms with Crippen molar-refractivity contribution in [3.05, 3.63) is 36.9 Å². The molecule has 0 saturated heterocycles. The van der Waals surface area contributed by atoms with Gasteiger partial charge in [0.15, 0.2) is 0 Å². The van der Waals surface area contributed by atoms with Crippen molar-refractivity contribution < 1.29 is 29.3 Å². The summed E-state index contributed by atoms with van der Waals surface area (Å²) in [6.07, 6.45) is 2.83. The third kappa shape index (κ3) is 11.8. The number of carboxylic acid groups (broad SMARTS) is 2. The Kier molecular flexibility index (Phi) is 11.7. The Labute approximate surface area is 135 Å². The van der Waals surface area contributed by atoms with Gasteiger partial charge in [-0.2, -0.15) is 0 Å². The summed E-state index contributed by atoms with van der Waals surface area (Å²) in [5.74, 6) is -1.93. The van der Waals surface area contributed by atoms with Gasteiger partial charge in [-0.3, -0.25) is 0 Å². The summed E-state index contributed by atoms with van der Waals surface area (Å²) in [7, 11) is 0. The van der Waals surface area contributed by atoms with Gasteiger partial charge in [0.25, 0.3) is 0 Å². The van der Waals surface area contributed by atoms with E-state index in [9.17, 15) is 0 Å². The number of carboxylic acids is 2. The Morgan fingerprint density at radius 3 is 2.35 bits per heavy atom. The summed E-state index contributed by atoms with van der Waals surface area (Å²) in [6.45, 7) is 8.79. The van der Waals surface area contributed by atoms with Crippen LogP contribution in [0.2, 0.25) is 0 Å². The lowest BCUT2D eigenvalue weighted by Crippen LogP contribution is -2.17. The highest BCUT2D eigenvalue weighted by atomic mass is 16.5. The van der Waals surface area contributed by atoms with Crippen LogP contribution in [-0.2, 0) is 9.59 Å². The Morgan fingerprint density at radius 1 is 1.22 bits per heavy atom. The van der Waals surface area contributed by atoms with Gasteiger partial charge in [0.2, 0.25) is 0 Å². The van der Waals surface area contributed by atoms with Crippen molar-refractivity contribution in [3.8, 4) is 11.5 Å². The maximum Gasteiger partial charge on any atom is 0.414 e. The topological polar surface area (TPSA) is 105 Å². The largest absolute Gasteiger partial charge is 0.494 e. The van der Waals surface area contributed by atoms with Gasteiger partial charge < -0.3 is 25.0 Å². The predicted octanol–water partition coefficient (Wildman–Crippen LogP) is 1.79. The van der Waals surface area contributed by atoms with Gasteiger partial charge in [-0.05, 0) is 32.0 Å². The Balaban J connectivity index is 0.000000688. The second-order valence-corrected chi connectivity index (χ2v) is 4.21. The third-order valence-corrected chi connectivity index (χ3v) is 2.35. The summed E-state index contributed by atoms with van der Waals surface area (Å²) in [5.41, 5.74) is 0. The first-order valence-corrected chi connectivity index (χ1v) is 7.14. The average Bonchev–Trinajstić information content (AvgIpc) is 2.52. The fraction of sp³-hybridized carbons (Fsp3) is 0.375. The first-order valence-electron chi connectivity index (χ1n) is 7.14. The highest BCUT2D eigenvalue weighted by Crippen LogP contribution is 2.19. The average molecular weight is 325 g/mol. The van der Waals surface area contributed by atoms with Crippen molar-refractivity contribution in [2.24, 2.45) is 0 Å². The second kappa shape index (κ2) is 13.1. The van der Waals surface area contributed by atoms with Gasteiger partial charge in [0, 0.05) is 12.6 Å². The maximum atomic E-state index is 9.10. The normalized spacial score (nSPS) is 9.26. The van der Waals surface area contributed by atoms with Crippen molar-refractivity contribution in [3.63, 3.8) is 0 Å². The number of nitrogens with one attached hydrogen (secondary N) is 1. The molecule has 0 amide bonds. The van der Waals surface area contributed by atoms with Crippen molar-refractivity contribution in [1.29, 1.82) is 0 Å². The summed E-state index contributed by atoms with van der Waals surface area (Å²) in [5, 5.41) is 18.0. The minimum atomic E-state index is -1.82. The highest BCUT2D eigenvalue weighted by Gasteiger charge is 2.04. The van der Waals surface area contributed by atoms with Crippen LogP contribution in [0.4, 0.5) is 0 Å². The number of benzene rings is 1. The molecular formula is C16H23NO6. The lowest BCUT2D eigenvalue weighted by atomic mass is 10.3. The minimum Gasteiger partial charge on any atom is -0.494 e. The SMILES string of the molecule is C=CCNCCCOc1cccc(OCC)c1.O=C(O)C(=O)O. The maximum absolute atomic E-state index is 9.10. The zero-order chi connectivity index (χ0) is 17.5. The summed E-state index contributed by atoms with van der Waals surface area (Å²) < 4.78 is 11.0. The third-order valence-electron chi connectivity index (χ3n) is 2.35. The Hall–Kier alpha value is -2.54. The Morgan fingerprint density at radius 2 is 1.83 bits per heavy atom. The number of rotatable bonds is 9. The van der Waals surface area contributed by atoms with Crippen LogP contribution in [0.25, 0.3) is 0 Å². The second-order valence-electron chi connectivity index (χ2n) is 4.21. The van der Waals surface area contributed by atoms with Crippen LogP contribution in [-0.4, -0.2) is 48.5 Å². The number of ether oxygens (including phenoxy) is 2. The fourth-order valence-electron chi connectivity index (χ4n) is 1.41. The molecule has 0 spiro atoms. The monoisotopic (exact) mass is 325 g/mol. The molecule has 0 radical (unpaired) electrons. The van der Waals surface area contributed by atoms with Gasteiger partial charge in [-0.25, -0.2) is 9.59 Å².